The number of rotatable bonds is 9. The summed E-state index contributed by atoms with van der Waals surface area (Å²) in [6.07, 6.45) is 0. The van der Waals surface area contributed by atoms with E-state index in [-0.39, 0.29) is 18.2 Å². The van der Waals surface area contributed by atoms with Gasteiger partial charge in [-0.1, -0.05) is 11.2 Å². The van der Waals surface area contributed by atoms with Crippen molar-refractivity contribution in [3.8, 4) is 0 Å². The standard InChI is InChI=1S/C14H21N5O6S2/c1-8-11(14(21)19(8)27(22,23)24)17-13(20)12(10-3-2-4-26-10)18-25-7-9(5-15)6-16/h2-4,8-9,11H,5-7,15-16H2,1H3,(H,17,20)(H,22,23,24)/b18-12+/t8-,11?/m0/s1. The lowest BCUT2D eigenvalue weighted by atomic mass is 10.0. The molecule has 1 unspecified atom stereocenters. The maximum Gasteiger partial charge on any atom is 0.362 e. The van der Waals surface area contributed by atoms with Crippen molar-refractivity contribution < 1.29 is 27.4 Å². The van der Waals surface area contributed by atoms with Gasteiger partial charge in [0, 0.05) is 5.92 Å². The largest absolute Gasteiger partial charge is 0.395 e. The first-order valence-electron chi connectivity index (χ1n) is 7.96. The number of nitrogens with two attached hydrogens (primary N) is 2. The Bertz CT molecular complexity index is 806. The van der Waals surface area contributed by atoms with Crippen molar-refractivity contribution in [2.75, 3.05) is 19.7 Å². The van der Waals surface area contributed by atoms with Gasteiger partial charge >= 0.3 is 10.3 Å². The lowest BCUT2D eigenvalue weighted by Crippen LogP contribution is -2.71. The van der Waals surface area contributed by atoms with Gasteiger partial charge in [0.2, 0.25) is 0 Å². The van der Waals surface area contributed by atoms with E-state index in [4.69, 9.17) is 20.9 Å². The number of oxime groups is 1. The first-order valence-corrected chi connectivity index (χ1v) is 10.2. The predicted octanol–water partition coefficient (Wildman–Crippen LogP) is -1.48. The average Bonchev–Trinajstić information content (AvgIpc) is 3.13. The molecule has 0 radical (unpaired) electrons. The Morgan fingerprint density at radius 3 is 2.63 bits per heavy atom. The Kier molecular flexibility index (Phi) is 6.89. The molecule has 0 saturated carbocycles. The van der Waals surface area contributed by atoms with Gasteiger partial charge in [0.15, 0.2) is 5.71 Å². The van der Waals surface area contributed by atoms with Crippen LogP contribution in [0.1, 0.15) is 11.8 Å². The molecule has 1 fully saturated rings. The number of amides is 2. The predicted molar refractivity (Wildman–Crippen MR) is 98.2 cm³/mol. The van der Waals surface area contributed by atoms with Crippen LogP contribution in [0.25, 0.3) is 0 Å². The van der Waals surface area contributed by atoms with Crippen molar-refractivity contribution in [1.82, 2.24) is 9.62 Å². The molecule has 2 amide bonds. The summed E-state index contributed by atoms with van der Waals surface area (Å²) in [6, 6.07) is 1.32. The third-order valence-electron chi connectivity index (χ3n) is 3.97. The molecule has 2 heterocycles. The van der Waals surface area contributed by atoms with Crippen LogP contribution in [0.15, 0.2) is 22.7 Å². The zero-order chi connectivity index (χ0) is 20.2. The van der Waals surface area contributed by atoms with E-state index < -0.39 is 34.2 Å². The summed E-state index contributed by atoms with van der Waals surface area (Å²) in [4.78, 5) is 30.2. The van der Waals surface area contributed by atoms with Gasteiger partial charge in [-0.3, -0.25) is 14.1 Å². The molecule has 1 saturated heterocycles. The monoisotopic (exact) mass is 419 g/mol. The van der Waals surface area contributed by atoms with Gasteiger partial charge in [-0.25, -0.2) is 4.31 Å². The van der Waals surface area contributed by atoms with Crippen molar-refractivity contribution in [3.05, 3.63) is 22.4 Å². The highest BCUT2D eigenvalue weighted by Crippen LogP contribution is 2.23. The number of nitrogens with one attached hydrogen (secondary N) is 1. The van der Waals surface area contributed by atoms with E-state index in [9.17, 15) is 18.0 Å². The minimum atomic E-state index is -4.67. The van der Waals surface area contributed by atoms with Crippen LogP contribution in [0, 0.1) is 5.92 Å². The molecular formula is C14H21N5O6S2. The number of carbonyl (C=O) groups is 2. The lowest BCUT2D eigenvalue weighted by molar-refractivity contribution is -0.143. The van der Waals surface area contributed by atoms with Crippen molar-refractivity contribution >= 4 is 39.2 Å². The minimum Gasteiger partial charge on any atom is -0.395 e. The van der Waals surface area contributed by atoms with Crippen LogP contribution < -0.4 is 16.8 Å². The number of nitrogens with zero attached hydrogens (tertiary/aromatic N) is 2. The topological polar surface area (TPSA) is 177 Å². The van der Waals surface area contributed by atoms with E-state index in [0.29, 0.717) is 22.3 Å². The second-order valence-electron chi connectivity index (χ2n) is 5.85. The molecule has 0 aromatic carbocycles. The van der Waals surface area contributed by atoms with Crippen LogP contribution in [0.4, 0.5) is 0 Å². The van der Waals surface area contributed by atoms with Crippen LogP contribution in [0.5, 0.6) is 0 Å². The molecule has 27 heavy (non-hydrogen) atoms. The van der Waals surface area contributed by atoms with Crippen molar-refractivity contribution in [1.29, 1.82) is 0 Å². The Balaban J connectivity index is 2.10. The average molecular weight is 419 g/mol. The lowest BCUT2D eigenvalue weighted by Gasteiger charge is -2.42. The molecule has 1 aliphatic rings. The maximum absolute atomic E-state index is 12.6. The first-order chi connectivity index (χ1) is 12.7. The molecule has 0 aliphatic carbocycles. The van der Waals surface area contributed by atoms with Gasteiger partial charge in [0.1, 0.15) is 12.6 Å². The fourth-order valence-corrected chi connectivity index (χ4v) is 3.95. The van der Waals surface area contributed by atoms with Crippen LogP contribution >= 0.6 is 11.3 Å². The van der Waals surface area contributed by atoms with Crippen molar-refractivity contribution in [2.24, 2.45) is 22.5 Å². The number of thiophene rings is 1. The molecule has 1 aromatic heterocycles. The second kappa shape index (κ2) is 8.75. The smallest absolute Gasteiger partial charge is 0.362 e. The molecule has 6 N–H and O–H groups in total. The summed E-state index contributed by atoms with van der Waals surface area (Å²) in [7, 11) is -4.67. The van der Waals surface area contributed by atoms with Gasteiger partial charge in [0.25, 0.3) is 11.8 Å². The highest BCUT2D eigenvalue weighted by molar-refractivity contribution is 7.84. The van der Waals surface area contributed by atoms with Gasteiger partial charge in [-0.05, 0) is 31.5 Å². The zero-order valence-electron chi connectivity index (χ0n) is 14.4. The van der Waals surface area contributed by atoms with Crippen LogP contribution in [0.3, 0.4) is 0 Å². The maximum atomic E-state index is 12.6. The van der Waals surface area contributed by atoms with Crippen LogP contribution in [-0.4, -0.2) is 66.6 Å². The molecular weight excluding hydrogens is 398 g/mol. The van der Waals surface area contributed by atoms with Gasteiger partial charge in [-0.15, -0.1) is 11.3 Å². The third-order valence-corrected chi connectivity index (χ3v) is 5.86. The van der Waals surface area contributed by atoms with Crippen LogP contribution in [0.2, 0.25) is 0 Å². The molecule has 0 bridgehead atoms. The highest BCUT2D eigenvalue weighted by atomic mass is 32.2. The number of hydrogen-bond acceptors (Lipinski definition) is 9. The normalized spacial score (nSPS) is 20.6. The summed E-state index contributed by atoms with van der Waals surface area (Å²) in [5, 5.41) is 7.99. The summed E-state index contributed by atoms with van der Waals surface area (Å²) in [5.74, 6) is -1.77. The Labute approximate surface area is 160 Å². The summed E-state index contributed by atoms with van der Waals surface area (Å²) in [5.41, 5.74) is 11.0. The summed E-state index contributed by atoms with van der Waals surface area (Å²) >= 11 is 1.24. The number of β-lactam (4-membered cyclic amide) rings is 1. The van der Waals surface area contributed by atoms with E-state index in [1.807, 2.05) is 0 Å². The quantitative estimate of drug-likeness (QED) is 0.162. The third kappa shape index (κ3) is 4.81. The molecule has 2 atom stereocenters. The first kappa shape index (κ1) is 21.2. The van der Waals surface area contributed by atoms with E-state index in [0.717, 1.165) is 0 Å². The Morgan fingerprint density at radius 1 is 1.48 bits per heavy atom. The number of carbonyl (C=O) groups excluding carboxylic acids is 2. The molecule has 2 rings (SSSR count). The zero-order valence-corrected chi connectivity index (χ0v) is 16.1. The van der Waals surface area contributed by atoms with Gasteiger partial charge < -0.3 is 21.6 Å². The second-order valence-corrected chi connectivity index (χ2v) is 8.09. The van der Waals surface area contributed by atoms with Gasteiger partial charge in [-0.2, -0.15) is 8.42 Å². The van der Waals surface area contributed by atoms with Crippen molar-refractivity contribution in [2.45, 2.75) is 19.0 Å². The summed E-state index contributed by atoms with van der Waals surface area (Å²) < 4.78 is 31.6. The SMILES string of the molecule is C[C@H]1C(NC(=O)/C(=N/OCC(CN)CN)c2cccs2)C(=O)N1S(=O)(=O)O. The minimum absolute atomic E-state index is 0.0666. The molecule has 11 nitrogen and oxygen atoms in total. The molecule has 1 aromatic rings. The molecule has 1 aliphatic heterocycles. The molecule has 0 spiro atoms. The van der Waals surface area contributed by atoms with Crippen molar-refractivity contribution in [3.63, 3.8) is 0 Å². The highest BCUT2D eigenvalue weighted by Gasteiger charge is 2.51. The Hall–Kier alpha value is -2.06. The van der Waals surface area contributed by atoms with E-state index in [1.165, 1.54) is 18.3 Å². The summed E-state index contributed by atoms with van der Waals surface area (Å²) in [6.45, 7) is 2.09. The fraction of sp³-hybridized carbons (Fsp3) is 0.500. The number of hydrogen-bond donors (Lipinski definition) is 4. The van der Waals surface area contributed by atoms with E-state index in [2.05, 4.69) is 10.5 Å². The Morgan fingerprint density at radius 2 is 2.15 bits per heavy atom. The fourth-order valence-electron chi connectivity index (χ4n) is 2.36. The van der Waals surface area contributed by atoms with Gasteiger partial charge in [0.05, 0.1) is 10.9 Å². The van der Waals surface area contributed by atoms with E-state index >= 15 is 0 Å². The van der Waals surface area contributed by atoms with E-state index in [1.54, 1.807) is 17.5 Å². The van der Waals surface area contributed by atoms with Crippen LogP contribution in [-0.2, 0) is 24.7 Å². The molecule has 13 heteroatoms. The molecule has 150 valence electrons.